The van der Waals surface area contributed by atoms with E-state index in [2.05, 4.69) is 20.9 Å². The second kappa shape index (κ2) is 11.4. The van der Waals surface area contributed by atoms with Crippen LogP contribution in [0.1, 0.15) is 12.0 Å². The fourth-order valence-electron chi connectivity index (χ4n) is 4.56. The van der Waals surface area contributed by atoms with E-state index in [0.29, 0.717) is 11.5 Å². The summed E-state index contributed by atoms with van der Waals surface area (Å²) in [6.45, 7) is 1.01. The van der Waals surface area contributed by atoms with Gasteiger partial charge in [0.25, 0.3) is 5.91 Å². The lowest BCUT2D eigenvalue weighted by molar-refractivity contribution is -0.119. The van der Waals surface area contributed by atoms with E-state index >= 15 is 0 Å². The van der Waals surface area contributed by atoms with E-state index in [0.717, 1.165) is 18.7 Å². The first-order valence-electron chi connectivity index (χ1n) is 11.7. The molecule has 10 nitrogen and oxygen atoms in total. The van der Waals surface area contributed by atoms with Gasteiger partial charge in [0.2, 0.25) is 11.9 Å². The van der Waals surface area contributed by atoms with E-state index in [1.165, 1.54) is 0 Å². The molecule has 1 saturated carbocycles. The van der Waals surface area contributed by atoms with Gasteiger partial charge in [-0.15, -0.1) is 0 Å². The standard InChI is InChI=1S/C25H28Cl2N6O4/c1-32(2)13-20(34)29-21-18(26)8-14(9-19(21)27)11-28-24(31-25(36)37)30-23(35)22-17-10-15(17)12-33(22)16-6-4-3-5-7-16/h3-9,15,17,22H,10-13H2,1-2H3,(H,29,34)(H,36,37)(H2,28,30,31,35). The van der Waals surface area contributed by atoms with Gasteiger partial charge in [-0.3, -0.25) is 14.9 Å². The zero-order chi connectivity index (χ0) is 26.7. The molecule has 12 heteroatoms. The second-order valence-electron chi connectivity index (χ2n) is 9.40. The number of likely N-dealkylation sites (N-methyl/N-ethyl adjacent to an activating group) is 1. The van der Waals surface area contributed by atoms with E-state index in [9.17, 15) is 19.5 Å². The molecule has 1 aliphatic carbocycles. The monoisotopic (exact) mass is 546 g/mol. The van der Waals surface area contributed by atoms with Gasteiger partial charge >= 0.3 is 6.09 Å². The predicted molar refractivity (Wildman–Crippen MR) is 143 cm³/mol. The number of benzene rings is 2. The number of guanidine groups is 1. The van der Waals surface area contributed by atoms with E-state index in [4.69, 9.17) is 23.2 Å². The minimum Gasteiger partial charge on any atom is -0.465 e. The Labute approximate surface area is 224 Å². The normalized spacial score (nSPS) is 20.4. The summed E-state index contributed by atoms with van der Waals surface area (Å²) in [5, 5.41) is 17.4. The van der Waals surface area contributed by atoms with Crippen molar-refractivity contribution in [3.63, 3.8) is 0 Å². The number of amides is 3. The molecule has 3 amide bonds. The highest BCUT2D eigenvalue weighted by Gasteiger charge is 2.55. The maximum absolute atomic E-state index is 13.2. The number of nitrogens with zero attached hydrogens (tertiary/aromatic N) is 3. The number of hydrogen-bond donors (Lipinski definition) is 4. The van der Waals surface area contributed by atoms with Gasteiger partial charge < -0.3 is 25.5 Å². The number of anilines is 2. The van der Waals surface area contributed by atoms with Gasteiger partial charge in [0.1, 0.15) is 6.04 Å². The molecule has 2 aromatic carbocycles. The second-order valence-corrected chi connectivity index (χ2v) is 10.2. The Morgan fingerprint density at radius 3 is 2.43 bits per heavy atom. The Kier molecular flexibility index (Phi) is 8.21. The van der Waals surface area contributed by atoms with Gasteiger partial charge in [-0.2, -0.15) is 4.99 Å². The number of aliphatic imine (C=N–C) groups is 1. The highest BCUT2D eigenvalue weighted by atomic mass is 35.5. The summed E-state index contributed by atoms with van der Waals surface area (Å²) in [5.74, 6) is -0.234. The Hall–Kier alpha value is -3.34. The van der Waals surface area contributed by atoms with E-state index in [1.807, 2.05) is 35.2 Å². The van der Waals surface area contributed by atoms with Crippen molar-refractivity contribution in [2.24, 2.45) is 16.8 Å². The van der Waals surface area contributed by atoms with Crippen LogP contribution in [0.4, 0.5) is 16.2 Å². The number of carboxylic acid groups (broad SMARTS) is 1. The van der Waals surface area contributed by atoms with Crippen LogP contribution in [0.3, 0.4) is 0 Å². The van der Waals surface area contributed by atoms with Crippen LogP contribution in [-0.2, 0) is 16.1 Å². The average molecular weight is 547 g/mol. The molecule has 2 fully saturated rings. The van der Waals surface area contributed by atoms with Crippen molar-refractivity contribution in [2.45, 2.75) is 19.0 Å². The first-order valence-corrected chi connectivity index (χ1v) is 12.5. The van der Waals surface area contributed by atoms with Crippen molar-refractivity contribution < 1.29 is 19.5 Å². The first-order chi connectivity index (χ1) is 17.6. The van der Waals surface area contributed by atoms with Crippen LogP contribution in [0.15, 0.2) is 47.5 Å². The van der Waals surface area contributed by atoms with Gasteiger partial charge in [0, 0.05) is 18.8 Å². The number of halogens is 2. The van der Waals surface area contributed by atoms with E-state index in [1.54, 1.807) is 31.1 Å². The molecule has 1 heterocycles. The molecule has 0 aromatic heterocycles. The Morgan fingerprint density at radius 1 is 1.14 bits per heavy atom. The minimum absolute atomic E-state index is 0.0802. The number of fused-ring (bicyclic) bond motifs is 1. The van der Waals surface area contributed by atoms with Crippen LogP contribution < -0.4 is 20.9 Å². The third-order valence-electron chi connectivity index (χ3n) is 6.22. The largest absolute Gasteiger partial charge is 0.465 e. The maximum Gasteiger partial charge on any atom is 0.411 e. The molecule has 4 N–H and O–H groups in total. The van der Waals surface area contributed by atoms with Gasteiger partial charge in [-0.1, -0.05) is 41.4 Å². The number of para-hydroxylation sites is 1. The Balaban J connectivity index is 1.47. The van der Waals surface area contributed by atoms with Gasteiger partial charge in [-0.25, -0.2) is 4.79 Å². The smallest absolute Gasteiger partial charge is 0.411 e. The molecular weight excluding hydrogens is 519 g/mol. The number of rotatable bonds is 7. The topological polar surface area (TPSA) is 126 Å². The molecule has 4 rings (SSSR count). The summed E-state index contributed by atoms with van der Waals surface area (Å²) in [6.07, 6.45) is -0.400. The zero-order valence-electron chi connectivity index (χ0n) is 20.4. The lowest BCUT2D eigenvalue weighted by Gasteiger charge is -2.27. The molecule has 2 aliphatic rings. The van der Waals surface area contributed by atoms with Crippen molar-refractivity contribution in [1.82, 2.24) is 15.5 Å². The molecule has 3 unspecified atom stereocenters. The molecule has 0 radical (unpaired) electrons. The maximum atomic E-state index is 13.2. The summed E-state index contributed by atoms with van der Waals surface area (Å²) in [6, 6.07) is 12.4. The number of nitrogens with one attached hydrogen (secondary N) is 3. The lowest BCUT2D eigenvalue weighted by atomic mass is 10.1. The summed E-state index contributed by atoms with van der Waals surface area (Å²) in [7, 11) is 3.53. The van der Waals surface area contributed by atoms with Crippen molar-refractivity contribution in [3.05, 3.63) is 58.1 Å². The molecule has 2 aromatic rings. The van der Waals surface area contributed by atoms with Crippen LogP contribution in [0.5, 0.6) is 0 Å². The molecule has 1 saturated heterocycles. The van der Waals surface area contributed by atoms with Crippen molar-refractivity contribution in [1.29, 1.82) is 0 Å². The fraction of sp³-hybridized carbons (Fsp3) is 0.360. The SMILES string of the molecule is CN(C)CC(=O)Nc1c(Cl)cc(CN/C(=N/C(=O)C2C3CC3CN2c2ccccc2)NC(=O)O)cc1Cl. The highest BCUT2D eigenvalue weighted by Crippen LogP contribution is 2.51. The molecule has 0 bridgehead atoms. The highest BCUT2D eigenvalue weighted by molar-refractivity contribution is 6.39. The van der Waals surface area contributed by atoms with E-state index in [-0.39, 0.29) is 46.6 Å². The fourth-order valence-corrected chi connectivity index (χ4v) is 5.18. The van der Waals surface area contributed by atoms with Crippen LogP contribution in [0, 0.1) is 11.8 Å². The third-order valence-corrected chi connectivity index (χ3v) is 6.82. The van der Waals surface area contributed by atoms with Crippen LogP contribution >= 0.6 is 23.2 Å². The summed E-state index contributed by atoms with van der Waals surface area (Å²) in [4.78, 5) is 44.5. The van der Waals surface area contributed by atoms with Crippen molar-refractivity contribution >= 4 is 58.4 Å². The summed E-state index contributed by atoms with van der Waals surface area (Å²) < 4.78 is 0. The Bertz CT molecular complexity index is 1200. The van der Waals surface area contributed by atoms with Gasteiger partial charge in [0.05, 0.1) is 22.3 Å². The minimum atomic E-state index is -1.36. The lowest BCUT2D eigenvalue weighted by Crippen LogP contribution is -2.44. The molecule has 1 aliphatic heterocycles. The number of hydrogen-bond acceptors (Lipinski definition) is 5. The van der Waals surface area contributed by atoms with Crippen LogP contribution in [0.25, 0.3) is 0 Å². The quantitative estimate of drug-likeness (QED) is 0.310. The molecule has 0 spiro atoms. The van der Waals surface area contributed by atoms with Crippen LogP contribution in [-0.4, -0.2) is 67.1 Å². The summed E-state index contributed by atoms with van der Waals surface area (Å²) in [5.41, 5.74) is 1.82. The zero-order valence-corrected chi connectivity index (χ0v) is 21.9. The summed E-state index contributed by atoms with van der Waals surface area (Å²) >= 11 is 12.7. The van der Waals surface area contributed by atoms with Crippen molar-refractivity contribution in [3.8, 4) is 0 Å². The molecule has 196 valence electrons. The van der Waals surface area contributed by atoms with Crippen LogP contribution in [0.2, 0.25) is 10.0 Å². The van der Waals surface area contributed by atoms with Gasteiger partial charge in [-0.05, 0) is 62.2 Å². The number of carbonyl (C=O) groups is 3. The number of piperidine rings is 1. The van der Waals surface area contributed by atoms with E-state index < -0.39 is 18.0 Å². The van der Waals surface area contributed by atoms with Crippen molar-refractivity contribution in [2.75, 3.05) is 37.4 Å². The van der Waals surface area contributed by atoms with Gasteiger partial charge in [0.15, 0.2) is 0 Å². The predicted octanol–water partition coefficient (Wildman–Crippen LogP) is 3.26. The average Bonchev–Trinajstić information content (AvgIpc) is 3.48. The third kappa shape index (κ3) is 6.71. The number of carbonyl (C=O) groups excluding carboxylic acids is 2. The molecular formula is C25H28Cl2N6O4. The molecule has 3 atom stereocenters. The Morgan fingerprint density at radius 2 is 1.81 bits per heavy atom. The molecule has 37 heavy (non-hydrogen) atoms. The first kappa shape index (κ1) is 26.7.